The van der Waals surface area contributed by atoms with E-state index in [0.717, 1.165) is 18.7 Å². The minimum absolute atomic E-state index is 0.00130. The van der Waals surface area contributed by atoms with E-state index in [4.69, 9.17) is 14.2 Å². The average molecular weight is 384 g/mol. The van der Waals surface area contributed by atoms with Gasteiger partial charge in [0.25, 0.3) is 5.91 Å². The lowest BCUT2D eigenvalue weighted by atomic mass is 10.1. The van der Waals surface area contributed by atoms with Gasteiger partial charge in [-0.25, -0.2) is 0 Å². The monoisotopic (exact) mass is 384 g/mol. The summed E-state index contributed by atoms with van der Waals surface area (Å²) in [6.45, 7) is 6.01. The number of nitrogens with one attached hydrogen (secondary N) is 1. The van der Waals surface area contributed by atoms with E-state index in [1.165, 1.54) is 11.1 Å². The van der Waals surface area contributed by atoms with Crippen LogP contribution in [0.5, 0.6) is 11.5 Å². The molecule has 0 radical (unpaired) electrons. The Kier molecular flexibility index (Phi) is 7.28. The number of rotatable bonds is 8. The first-order chi connectivity index (χ1) is 13.7. The summed E-state index contributed by atoms with van der Waals surface area (Å²) < 4.78 is 16.4. The number of morpholine rings is 1. The molecule has 1 aliphatic heterocycles. The van der Waals surface area contributed by atoms with Gasteiger partial charge in [0.1, 0.15) is 0 Å². The van der Waals surface area contributed by atoms with Crippen LogP contribution in [0, 0.1) is 6.92 Å². The van der Waals surface area contributed by atoms with Crippen LogP contribution in [0.15, 0.2) is 42.5 Å². The molecule has 1 amide bonds. The molecular formula is C22H28N2O4. The number of carbonyl (C=O) groups is 1. The van der Waals surface area contributed by atoms with Crippen LogP contribution in [0.2, 0.25) is 0 Å². The number of aryl methyl sites for hydroxylation is 1. The van der Waals surface area contributed by atoms with Crippen LogP contribution in [0.4, 0.5) is 0 Å². The van der Waals surface area contributed by atoms with E-state index in [1.54, 1.807) is 12.0 Å². The summed E-state index contributed by atoms with van der Waals surface area (Å²) in [7, 11) is 1.61. The summed E-state index contributed by atoms with van der Waals surface area (Å²) >= 11 is 0. The van der Waals surface area contributed by atoms with Crippen LogP contribution in [0.3, 0.4) is 0 Å². The Morgan fingerprint density at radius 1 is 1.07 bits per heavy atom. The molecule has 0 unspecified atom stereocenters. The number of benzene rings is 2. The van der Waals surface area contributed by atoms with E-state index >= 15 is 0 Å². The maximum Gasteiger partial charge on any atom is 0.260 e. The van der Waals surface area contributed by atoms with Gasteiger partial charge in [-0.2, -0.15) is 0 Å². The van der Waals surface area contributed by atoms with Crippen molar-refractivity contribution in [3.8, 4) is 11.5 Å². The molecule has 2 aromatic carbocycles. The fourth-order valence-corrected chi connectivity index (χ4v) is 3.16. The maximum atomic E-state index is 12.2. The van der Waals surface area contributed by atoms with E-state index < -0.39 is 0 Å². The van der Waals surface area contributed by atoms with Crippen molar-refractivity contribution in [2.75, 3.05) is 40.0 Å². The second-order valence-corrected chi connectivity index (χ2v) is 6.86. The Morgan fingerprint density at radius 3 is 2.54 bits per heavy atom. The van der Waals surface area contributed by atoms with E-state index in [2.05, 4.69) is 36.5 Å². The lowest BCUT2D eigenvalue weighted by Gasteiger charge is -2.26. The molecule has 1 saturated heterocycles. The zero-order chi connectivity index (χ0) is 19.8. The van der Waals surface area contributed by atoms with Gasteiger partial charge in [0.15, 0.2) is 18.1 Å². The van der Waals surface area contributed by atoms with Crippen LogP contribution >= 0.6 is 0 Å². The van der Waals surface area contributed by atoms with Crippen LogP contribution in [0.1, 0.15) is 16.7 Å². The molecule has 0 saturated carbocycles. The van der Waals surface area contributed by atoms with E-state index in [1.807, 2.05) is 18.2 Å². The van der Waals surface area contributed by atoms with Crippen molar-refractivity contribution in [2.45, 2.75) is 20.0 Å². The number of hydrogen-bond acceptors (Lipinski definition) is 5. The van der Waals surface area contributed by atoms with Gasteiger partial charge in [0.05, 0.1) is 20.3 Å². The summed E-state index contributed by atoms with van der Waals surface area (Å²) in [5.74, 6) is 1.17. The molecule has 0 aliphatic carbocycles. The topological polar surface area (TPSA) is 60.0 Å². The van der Waals surface area contributed by atoms with Gasteiger partial charge in [-0.1, -0.05) is 35.9 Å². The van der Waals surface area contributed by atoms with Gasteiger partial charge in [-0.15, -0.1) is 0 Å². The Morgan fingerprint density at radius 2 is 1.82 bits per heavy atom. The fourth-order valence-electron chi connectivity index (χ4n) is 3.16. The summed E-state index contributed by atoms with van der Waals surface area (Å²) in [6, 6.07) is 14.2. The van der Waals surface area contributed by atoms with E-state index in [0.29, 0.717) is 37.8 Å². The Labute approximate surface area is 166 Å². The summed E-state index contributed by atoms with van der Waals surface area (Å²) in [6.07, 6.45) is 0. The third-order valence-electron chi connectivity index (χ3n) is 4.68. The van der Waals surface area contributed by atoms with Crippen molar-refractivity contribution in [1.82, 2.24) is 10.2 Å². The highest BCUT2D eigenvalue weighted by Gasteiger charge is 2.18. The van der Waals surface area contributed by atoms with Gasteiger partial charge >= 0.3 is 0 Å². The van der Waals surface area contributed by atoms with Gasteiger partial charge in [0, 0.05) is 26.2 Å². The molecule has 6 heteroatoms. The first-order valence-electron chi connectivity index (χ1n) is 9.57. The average Bonchev–Trinajstić information content (AvgIpc) is 2.73. The smallest absolute Gasteiger partial charge is 0.260 e. The molecule has 28 heavy (non-hydrogen) atoms. The van der Waals surface area contributed by atoms with Crippen LogP contribution in [-0.4, -0.2) is 50.8 Å². The molecule has 6 nitrogen and oxygen atoms in total. The molecule has 0 spiro atoms. The maximum absolute atomic E-state index is 12.2. The van der Waals surface area contributed by atoms with Crippen LogP contribution < -0.4 is 14.8 Å². The quantitative estimate of drug-likeness (QED) is 0.758. The third-order valence-corrected chi connectivity index (χ3v) is 4.68. The molecule has 150 valence electrons. The minimum Gasteiger partial charge on any atom is -0.493 e. The number of ether oxygens (including phenoxy) is 3. The molecule has 0 atom stereocenters. The molecule has 2 aromatic rings. The predicted molar refractivity (Wildman–Crippen MR) is 108 cm³/mol. The molecule has 3 rings (SSSR count). The lowest BCUT2D eigenvalue weighted by molar-refractivity contribution is -0.137. The molecule has 0 bridgehead atoms. The Bertz CT molecular complexity index is 788. The number of amides is 1. The van der Waals surface area contributed by atoms with Crippen molar-refractivity contribution in [1.29, 1.82) is 0 Å². The van der Waals surface area contributed by atoms with Gasteiger partial charge in [0.2, 0.25) is 0 Å². The van der Waals surface area contributed by atoms with Crippen molar-refractivity contribution in [3.63, 3.8) is 0 Å². The summed E-state index contributed by atoms with van der Waals surface area (Å²) in [5, 5.41) is 3.44. The molecule has 1 N–H and O–H groups in total. The van der Waals surface area contributed by atoms with E-state index in [-0.39, 0.29) is 12.5 Å². The number of methoxy groups -OCH3 is 1. The highest BCUT2D eigenvalue weighted by atomic mass is 16.5. The normalized spacial score (nSPS) is 14.0. The minimum atomic E-state index is -0.0331. The predicted octanol–water partition coefficient (Wildman–Crippen LogP) is 2.53. The van der Waals surface area contributed by atoms with Gasteiger partial charge in [-0.3, -0.25) is 4.79 Å². The van der Waals surface area contributed by atoms with Crippen molar-refractivity contribution in [3.05, 3.63) is 59.2 Å². The first-order valence-corrected chi connectivity index (χ1v) is 9.57. The van der Waals surface area contributed by atoms with Crippen LogP contribution in [0.25, 0.3) is 0 Å². The van der Waals surface area contributed by atoms with Crippen molar-refractivity contribution < 1.29 is 19.0 Å². The number of hydrogen-bond donors (Lipinski definition) is 1. The third kappa shape index (κ3) is 5.71. The zero-order valence-electron chi connectivity index (χ0n) is 16.6. The second kappa shape index (κ2) is 10.1. The first kappa shape index (κ1) is 20.2. The number of nitrogens with zero attached hydrogens (tertiary/aromatic N) is 1. The van der Waals surface area contributed by atoms with Gasteiger partial charge in [-0.05, 0) is 30.2 Å². The Balaban J connectivity index is 1.52. The lowest BCUT2D eigenvalue weighted by Crippen LogP contribution is -2.43. The van der Waals surface area contributed by atoms with E-state index in [9.17, 15) is 4.79 Å². The molecular weight excluding hydrogens is 356 g/mol. The van der Waals surface area contributed by atoms with Crippen molar-refractivity contribution in [2.24, 2.45) is 0 Å². The molecule has 1 aliphatic rings. The Hall–Kier alpha value is -2.57. The summed E-state index contributed by atoms with van der Waals surface area (Å²) in [4.78, 5) is 14.0. The largest absolute Gasteiger partial charge is 0.493 e. The van der Waals surface area contributed by atoms with Crippen molar-refractivity contribution >= 4 is 5.91 Å². The van der Waals surface area contributed by atoms with Gasteiger partial charge < -0.3 is 24.4 Å². The fraction of sp³-hybridized carbons (Fsp3) is 0.409. The van der Waals surface area contributed by atoms with Crippen LogP contribution in [-0.2, 0) is 22.6 Å². The molecule has 1 fully saturated rings. The standard InChI is InChI=1S/C22H28N2O4/c1-17-4-3-5-18(12-17)14-23-15-19-6-7-20(21(13-19)26-2)28-16-22(25)24-8-10-27-11-9-24/h3-7,12-13,23H,8-11,14-16H2,1-2H3. The second-order valence-electron chi connectivity index (χ2n) is 6.86. The highest BCUT2D eigenvalue weighted by molar-refractivity contribution is 5.78. The summed E-state index contributed by atoms with van der Waals surface area (Å²) in [5.41, 5.74) is 3.61. The zero-order valence-corrected chi connectivity index (χ0v) is 16.6. The molecule has 0 aromatic heterocycles. The molecule has 1 heterocycles. The number of carbonyl (C=O) groups excluding carboxylic acids is 1. The highest BCUT2D eigenvalue weighted by Crippen LogP contribution is 2.28. The SMILES string of the molecule is COc1cc(CNCc2cccc(C)c2)ccc1OCC(=O)N1CCOCC1.